The molecule has 1 nitrogen and oxygen atoms in total. The number of rotatable bonds is 1. The Kier molecular flexibility index (Phi) is 3.60. The van der Waals surface area contributed by atoms with Crippen molar-refractivity contribution in [1.82, 2.24) is 0 Å². The number of ether oxygens (including phenoxy) is 1. The lowest BCUT2D eigenvalue weighted by Gasteiger charge is -2.19. The minimum Gasteiger partial charge on any atom is -0.372 e. The summed E-state index contributed by atoms with van der Waals surface area (Å²) in [4.78, 5) is 1.51. The van der Waals surface area contributed by atoms with Crippen LogP contribution in [0.3, 0.4) is 0 Å². The molecule has 2 rings (SSSR count). The van der Waals surface area contributed by atoms with E-state index >= 15 is 0 Å². The van der Waals surface area contributed by atoms with Gasteiger partial charge in [-0.2, -0.15) is 0 Å². The molecule has 0 atom stereocenters. The summed E-state index contributed by atoms with van der Waals surface area (Å²) >= 11 is 0. The smallest absolute Gasteiger partial charge is 0.155 e. The predicted octanol–water partition coefficient (Wildman–Crippen LogP) is 2.99. The molecule has 2 heteroatoms. The first-order valence-corrected chi connectivity index (χ1v) is 7.49. The van der Waals surface area contributed by atoms with Crippen LogP contribution < -0.4 is 0 Å². The standard InChI is InChI=1S/C14H21OS/c1-14(2,3)12-4-6-13(7-5-12)16-10-8-15-9-11-16/h4-7H,8-11H2,1-3H3/q+1. The van der Waals surface area contributed by atoms with Crippen LogP contribution in [0.1, 0.15) is 26.3 Å². The second-order valence-corrected chi connectivity index (χ2v) is 7.56. The quantitative estimate of drug-likeness (QED) is 0.682. The maximum Gasteiger partial charge on any atom is 0.155 e. The van der Waals surface area contributed by atoms with Crippen molar-refractivity contribution >= 4 is 10.9 Å². The van der Waals surface area contributed by atoms with Gasteiger partial charge in [-0.3, -0.25) is 0 Å². The largest absolute Gasteiger partial charge is 0.372 e. The van der Waals surface area contributed by atoms with Crippen LogP contribution >= 0.6 is 0 Å². The lowest BCUT2D eigenvalue weighted by molar-refractivity contribution is 0.159. The predicted molar refractivity (Wildman–Crippen MR) is 71.3 cm³/mol. The van der Waals surface area contributed by atoms with Gasteiger partial charge in [0.1, 0.15) is 11.5 Å². The molecule has 16 heavy (non-hydrogen) atoms. The summed E-state index contributed by atoms with van der Waals surface area (Å²) < 4.78 is 5.41. The Morgan fingerprint density at radius 1 is 1.00 bits per heavy atom. The van der Waals surface area contributed by atoms with Crippen LogP contribution in [0.5, 0.6) is 0 Å². The molecule has 1 fully saturated rings. The Labute approximate surface area is 102 Å². The van der Waals surface area contributed by atoms with Crippen LogP contribution in [0.4, 0.5) is 0 Å². The van der Waals surface area contributed by atoms with Crippen molar-refractivity contribution < 1.29 is 4.74 Å². The average molecular weight is 237 g/mol. The van der Waals surface area contributed by atoms with Gasteiger partial charge >= 0.3 is 0 Å². The Morgan fingerprint density at radius 2 is 1.56 bits per heavy atom. The van der Waals surface area contributed by atoms with Crippen LogP contribution in [0.15, 0.2) is 29.2 Å². The van der Waals surface area contributed by atoms with Gasteiger partial charge in [-0.25, -0.2) is 0 Å². The minimum absolute atomic E-state index is 0.261. The van der Waals surface area contributed by atoms with Gasteiger partial charge in [0.15, 0.2) is 4.90 Å². The maximum atomic E-state index is 5.41. The third-order valence-electron chi connectivity index (χ3n) is 3.00. The van der Waals surface area contributed by atoms with Gasteiger partial charge in [-0.1, -0.05) is 32.9 Å². The zero-order valence-electron chi connectivity index (χ0n) is 10.5. The van der Waals surface area contributed by atoms with E-state index in [-0.39, 0.29) is 5.41 Å². The normalized spacial score (nSPS) is 18.7. The van der Waals surface area contributed by atoms with Crippen molar-refractivity contribution in [2.45, 2.75) is 31.1 Å². The van der Waals surface area contributed by atoms with Crippen molar-refractivity contribution in [2.75, 3.05) is 24.7 Å². The summed E-state index contributed by atoms with van der Waals surface area (Å²) in [7, 11) is 0.432. The SMILES string of the molecule is CC(C)(C)c1ccc([S+]2CCOCC2)cc1. The summed E-state index contributed by atoms with van der Waals surface area (Å²) in [6, 6.07) is 9.21. The average Bonchev–Trinajstić information content (AvgIpc) is 2.29. The van der Waals surface area contributed by atoms with Crippen molar-refractivity contribution in [3.8, 4) is 0 Å². The third kappa shape index (κ3) is 2.80. The minimum atomic E-state index is 0.261. The molecule has 1 aliphatic rings. The Balaban J connectivity index is 2.12. The van der Waals surface area contributed by atoms with E-state index in [1.807, 2.05) is 0 Å². The van der Waals surface area contributed by atoms with E-state index < -0.39 is 0 Å². The lowest BCUT2D eigenvalue weighted by Crippen LogP contribution is -2.26. The molecular formula is C14H21OS+. The first-order chi connectivity index (χ1) is 7.57. The molecule has 0 bridgehead atoms. The van der Waals surface area contributed by atoms with E-state index in [0.29, 0.717) is 10.9 Å². The summed E-state index contributed by atoms with van der Waals surface area (Å²) in [6.45, 7) is 8.66. The van der Waals surface area contributed by atoms with Crippen molar-refractivity contribution in [3.63, 3.8) is 0 Å². The Morgan fingerprint density at radius 3 is 2.06 bits per heavy atom. The molecule has 1 aromatic rings. The van der Waals surface area contributed by atoms with Gasteiger partial charge in [0.25, 0.3) is 0 Å². The van der Waals surface area contributed by atoms with E-state index in [1.54, 1.807) is 0 Å². The number of hydrogen-bond acceptors (Lipinski definition) is 1. The molecule has 0 N–H and O–H groups in total. The Bertz CT molecular complexity index is 331. The molecule has 1 aliphatic heterocycles. The van der Waals surface area contributed by atoms with Crippen LogP contribution in [0.25, 0.3) is 0 Å². The maximum absolute atomic E-state index is 5.41. The lowest BCUT2D eigenvalue weighted by atomic mass is 9.87. The van der Waals surface area contributed by atoms with Crippen LogP contribution in [-0.4, -0.2) is 24.7 Å². The molecule has 1 heterocycles. The van der Waals surface area contributed by atoms with Gasteiger partial charge in [0.05, 0.1) is 13.2 Å². The van der Waals surface area contributed by atoms with E-state index in [4.69, 9.17) is 4.74 Å². The first-order valence-electron chi connectivity index (χ1n) is 5.93. The highest BCUT2D eigenvalue weighted by atomic mass is 32.2. The summed E-state index contributed by atoms with van der Waals surface area (Å²) in [6.07, 6.45) is 0. The molecule has 0 unspecified atom stereocenters. The second kappa shape index (κ2) is 4.80. The molecule has 0 aromatic heterocycles. The fourth-order valence-corrected chi connectivity index (χ4v) is 3.74. The van der Waals surface area contributed by atoms with Crippen molar-refractivity contribution in [1.29, 1.82) is 0 Å². The van der Waals surface area contributed by atoms with Gasteiger partial charge in [0.2, 0.25) is 0 Å². The summed E-state index contributed by atoms with van der Waals surface area (Å²) in [5.41, 5.74) is 1.69. The van der Waals surface area contributed by atoms with Crippen LogP contribution in [0, 0.1) is 0 Å². The highest BCUT2D eigenvalue weighted by Gasteiger charge is 2.25. The van der Waals surface area contributed by atoms with Crippen LogP contribution in [0.2, 0.25) is 0 Å². The van der Waals surface area contributed by atoms with E-state index in [1.165, 1.54) is 22.0 Å². The topological polar surface area (TPSA) is 9.23 Å². The van der Waals surface area contributed by atoms with E-state index in [0.717, 1.165) is 13.2 Å². The second-order valence-electron chi connectivity index (χ2n) is 5.29. The molecular weight excluding hydrogens is 216 g/mol. The molecule has 1 aromatic carbocycles. The molecule has 1 saturated heterocycles. The van der Waals surface area contributed by atoms with Gasteiger partial charge in [0, 0.05) is 10.9 Å². The molecule has 0 aliphatic carbocycles. The van der Waals surface area contributed by atoms with Crippen molar-refractivity contribution in [3.05, 3.63) is 29.8 Å². The fraction of sp³-hybridized carbons (Fsp3) is 0.571. The van der Waals surface area contributed by atoms with Gasteiger partial charge in [-0.15, -0.1) is 0 Å². The Hall–Kier alpha value is -0.470. The molecule has 0 radical (unpaired) electrons. The summed E-state index contributed by atoms with van der Waals surface area (Å²) in [5, 5.41) is 0. The third-order valence-corrected chi connectivity index (χ3v) is 5.26. The molecule has 0 amide bonds. The highest BCUT2D eigenvalue weighted by molar-refractivity contribution is 7.97. The summed E-state index contributed by atoms with van der Waals surface area (Å²) in [5.74, 6) is 2.41. The zero-order chi connectivity index (χ0) is 11.6. The zero-order valence-corrected chi connectivity index (χ0v) is 11.3. The number of hydrogen-bond donors (Lipinski definition) is 0. The molecule has 88 valence electrons. The monoisotopic (exact) mass is 237 g/mol. The molecule has 0 saturated carbocycles. The van der Waals surface area contributed by atoms with Gasteiger partial charge in [-0.05, 0) is 23.1 Å². The van der Waals surface area contributed by atoms with E-state index in [2.05, 4.69) is 45.0 Å². The number of benzene rings is 1. The van der Waals surface area contributed by atoms with Crippen molar-refractivity contribution in [2.24, 2.45) is 0 Å². The van der Waals surface area contributed by atoms with E-state index in [9.17, 15) is 0 Å². The van der Waals surface area contributed by atoms with Crippen LogP contribution in [-0.2, 0) is 21.0 Å². The highest BCUT2D eigenvalue weighted by Crippen LogP contribution is 2.24. The molecule has 0 spiro atoms. The van der Waals surface area contributed by atoms with Gasteiger partial charge < -0.3 is 4.74 Å². The fourth-order valence-electron chi connectivity index (χ4n) is 1.91. The first kappa shape index (κ1) is 12.0.